The largest absolute Gasteiger partial charge is 0.465 e. The van der Waals surface area contributed by atoms with E-state index in [2.05, 4.69) is 24.3 Å². The topological polar surface area (TPSA) is 177 Å². The number of hydrazone groups is 1. The number of carbonyl (C=O) groups excluding carboxylic acids is 3. The van der Waals surface area contributed by atoms with Crippen molar-refractivity contribution in [1.29, 1.82) is 0 Å². The maximum atomic E-state index is 14.0. The number of hydrogen-bond acceptors (Lipinski definition) is 9. The number of nitrogens with one attached hydrogen (secondary N) is 1. The molecule has 0 aliphatic carbocycles. The van der Waals surface area contributed by atoms with Crippen LogP contribution in [0, 0.1) is 23.2 Å². The number of amides is 2. The van der Waals surface area contributed by atoms with Gasteiger partial charge in [-0.1, -0.05) is 66.0 Å². The Morgan fingerprint density at radius 2 is 1.62 bits per heavy atom. The molecule has 0 aromatic heterocycles. The van der Waals surface area contributed by atoms with Crippen molar-refractivity contribution >= 4 is 49.3 Å². The van der Waals surface area contributed by atoms with Crippen LogP contribution in [0.4, 0.5) is 5.69 Å². The van der Waals surface area contributed by atoms with E-state index in [-0.39, 0.29) is 40.5 Å². The Bertz CT molecular complexity index is 1760. The van der Waals surface area contributed by atoms with Gasteiger partial charge >= 0.3 is 5.97 Å². The number of nitrogens with zero attached hydrogens (tertiary/aromatic N) is 2. The van der Waals surface area contributed by atoms with Crippen molar-refractivity contribution in [3.8, 4) is 0 Å². The van der Waals surface area contributed by atoms with Crippen LogP contribution in [-0.4, -0.2) is 57.9 Å². The van der Waals surface area contributed by atoms with Gasteiger partial charge in [-0.3, -0.25) is 18.9 Å². The highest BCUT2D eigenvalue weighted by atomic mass is 32.2. The normalized spacial score (nSPS) is 18.2. The molecule has 1 aliphatic heterocycles. The van der Waals surface area contributed by atoms with Crippen molar-refractivity contribution in [3.05, 3.63) is 54.1 Å². The van der Waals surface area contributed by atoms with Crippen LogP contribution in [0.1, 0.15) is 98.0 Å². The summed E-state index contributed by atoms with van der Waals surface area (Å²) in [7, 11) is -7.80. The molecule has 5 atom stereocenters. The summed E-state index contributed by atoms with van der Waals surface area (Å²) in [4.78, 5) is 40.7. The number of unbranched alkanes of at least 4 members (excludes halogenated alkanes) is 1. The minimum absolute atomic E-state index is 0.0980. The number of benzene rings is 2. The van der Waals surface area contributed by atoms with Gasteiger partial charge in [0.15, 0.2) is 9.84 Å². The van der Waals surface area contributed by atoms with E-state index < -0.39 is 55.0 Å². The lowest BCUT2D eigenvalue weighted by atomic mass is 9.75. The molecule has 0 radical (unpaired) electrons. The summed E-state index contributed by atoms with van der Waals surface area (Å²) in [6.07, 6.45) is 5.76. The lowest BCUT2D eigenvalue weighted by molar-refractivity contribution is -0.152. The van der Waals surface area contributed by atoms with Gasteiger partial charge < -0.3 is 10.1 Å². The fourth-order valence-electron chi connectivity index (χ4n) is 5.92. The molecule has 2 aromatic carbocycles. The van der Waals surface area contributed by atoms with E-state index in [1.54, 1.807) is 26.0 Å². The molecule has 2 aromatic rings. The SMILES string of the molecule is CCCCC(CC)COC(=O)C(CC(C)c1ccc(S(=O)(=O)O)cc1)CC(C)(CC)C(=O)NC1=NN(c2ccc(S(C)(=O)=O)cc2)C(=O)C1C. The molecule has 1 aliphatic rings. The number of hydrogen-bond donors (Lipinski definition) is 2. The maximum absolute atomic E-state index is 14.0. The van der Waals surface area contributed by atoms with Gasteiger partial charge in [-0.05, 0) is 86.4 Å². The highest BCUT2D eigenvalue weighted by Crippen LogP contribution is 2.37. The molecule has 5 unspecified atom stereocenters. The van der Waals surface area contributed by atoms with Crippen molar-refractivity contribution in [2.45, 2.75) is 102 Å². The summed E-state index contributed by atoms with van der Waals surface area (Å²) < 4.78 is 62.1. The monoisotopic (exact) mass is 733 g/mol. The Morgan fingerprint density at radius 3 is 2.14 bits per heavy atom. The van der Waals surface area contributed by atoms with Crippen molar-refractivity contribution in [2.75, 3.05) is 17.9 Å². The van der Waals surface area contributed by atoms with E-state index in [9.17, 15) is 35.8 Å². The third kappa shape index (κ3) is 10.5. The molecule has 3 rings (SSSR count). The van der Waals surface area contributed by atoms with Crippen molar-refractivity contribution in [3.63, 3.8) is 0 Å². The summed E-state index contributed by atoms with van der Waals surface area (Å²) >= 11 is 0. The highest BCUT2D eigenvalue weighted by molar-refractivity contribution is 7.90. The molecule has 0 fully saturated rings. The Balaban J connectivity index is 1.85. The molecule has 14 heteroatoms. The first-order valence-corrected chi connectivity index (χ1v) is 20.5. The van der Waals surface area contributed by atoms with Gasteiger partial charge in [0.05, 0.1) is 33.9 Å². The van der Waals surface area contributed by atoms with Crippen LogP contribution >= 0.6 is 0 Å². The van der Waals surface area contributed by atoms with Gasteiger partial charge in [0.25, 0.3) is 16.0 Å². The second-order valence-electron chi connectivity index (χ2n) is 13.6. The molecule has 0 spiro atoms. The van der Waals surface area contributed by atoms with Gasteiger partial charge in [-0.25, -0.2) is 8.42 Å². The van der Waals surface area contributed by atoms with Crippen LogP contribution in [0.15, 0.2) is 63.4 Å². The molecule has 2 amide bonds. The van der Waals surface area contributed by atoms with E-state index in [4.69, 9.17) is 4.74 Å². The molecule has 0 bridgehead atoms. The lowest BCUT2D eigenvalue weighted by Gasteiger charge is -2.32. The Morgan fingerprint density at radius 1 is 1.02 bits per heavy atom. The van der Waals surface area contributed by atoms with Crippen LogP contribution in [0.2, 0.25) is 0 Å². The third-order valence-electron chi connectivity index (χ3n) is 9.70. The van der Waals surface area contributed by atoms with Gasteiger partial charge in [0, 0.05) is 11.7 Å². The average Bonchev–Trinajstić information content (AvgIpc) is 3.35. The summed E-state index contributed by atoms with van der Waals surface area (Å²) in [6.45, 7) is 11.6. The standard InChI is InChI=1S/C36H51N3O9S2/c1-8-11-12-26(9-2)23-48-34(41)28(21-24(4)27-13-17-31(18-14-27)50(45,46)47)22-36(6,10-3)35(42)37-32-25(5)33(40)39(38-32)29-15-19-30(20-16-29)49(7,43)44/h13-20,24-26,28H,8-12,21-23H2,1-7H3,(H,37,38,42)(H,45,46,47). The Hall–Kier alpha value is -3.62. The summed E-state index contributed by atoms with van der Waals surface area (Å²) in [5.41, 5.74) is 0.0347. The van der Waals surface area contributed by atoms with Crippen LogP contribution < -0.4 is 10.3 Å². The van der Waals surface area contributed by atoms with Gasteiger partial charge in [0.2, 0.25) is 5.91 Å². The first-order valence-electron chi connectivity index (χ1n) is 17.1. The minimum Gasteiger partial charge on any atom is -0.465 e. The molecular formula is C36H51N3O9S2. The Kier molecular flexibility index (Phi) is 13.9. The maximum Gasteiger partial charge on any atom is 0.308 e. The van der Waals surface area contributed by atoms with E-state index in [0.717, 1.165) is 42.5 Å². The first-order chi connectivity index (χ1) is 23.3. The van der Waals surface area contributed by atoms with E-state index >= 15 is 0 Å². The van der Waals surface area contributed by atoms with Crippen LogP contribution in [0.25, 0.3) is 0 Å². The number of anilines is 1. The molecule has 50 heavy (non-hydrogen) atoms. The smallest absolute Gasteiger partial charge is 0.308 e. The molecular weight excluding hydrogens is 683 g/mol. The van der Waals surface area contributed by atoms with Gasteiger partial charge in [-0.15, -0.1) is 0 Å². The second-order valence-corrected chi connectivity index (χ2v) is 17.1. The Labute approximate surface area is 296 Å². The van der Waals surface area contributed by atoms with Crippen LogP contribution in [-0.2, 0) is 39.1 Å². The molecule has 276 valence electrons. The molecule has 0 saturated carbocycles. The van der Waals surface area contributed by atoms with Crippen molar-refractivity contribution in [2.24, 2.45) is 28.3 Å². The number of rotatable bonds is 17. The summed E-state index contributed by atoms with van der Waals surface area (Å²) in [5, 5.41) is 8.35. The predicted octanol–water partition coefficient (Wildman–Crippen LogP) is 6.13. The van der Waals surface area contributed by atoms with Gasteiger partial charge in [0.1, 0.15) is 5.84 Å². The molecule has 0 saturated heterocycles. The summed E-state index contributed by atoms with van der Waals surface area (Å²) in [6, 6.07) is 11.5. The zero-order chi connectivity index (χ0) is 37.4. The van der Waals surface area contributed by atoms with Crippen molar-refractivity contribution in [1.82, 2.24) is 5.32 Å². The van der Waals surface area contributed by atoms with E-state index in [1.165, 1.54) is 36.4 Å². The first kappa shape index (κ1) is 40.8. The fourth-order valence-corrected chi connectivity index (χ4v) is 7.03. The summed E-state index contributed by atoms with van der Waals surface area (Å²) in [5.74, 6) is -2.57. The zero-order valence-corrected chi connectivity index (χ0v) is 31.6. The van der Waals surface area contributed by atoms with Crippen molar-refractivity contribution < 1.29 is 40.5 Å². The zero-order valence-electron chi connectivity index (χ0n) is 30.0. The second kappa shape index (κ2) is 17.1. The number of esters is 1. The predicted molar refractivity (Wildman–Crippen MR) is 192 cm³/mol. The number of amidine groups is 1. The van der Waals surface area contributed by atoms with Gasteiger partial charge in [-0.2, -0.15) is 18.5 Å². The van der Waals surface area contributed by atoms with Crippen LogP contribution in [0.3, 0.4) is 0 Å². The van der Waals surface area contributed by atoms with Crippen LogP contribution in [0.5, 0.6) is 0 Å². The number of ether oxygens (including phenoxy) is 1. The van der Waals surface area contributed by atoms with E-state index in [1.807, 2.05) is 13.8 Å². The molecule has 12 nitrogen and oxygen atoms in total. The lowest BCUT2D eigenvalue weighted by Crippen LogP contribution is -2.45. The molecule has 2 N–H and O–H groups in total. The minimum atomic E-state index is -4.36. The van der Waals surface area contributed by atoms with E-state index in [0.29, 0.717) is 18.5 Å². The quantitative estimate of drug-likeness (QED) is 0.143. The third-order valence-corrected chi connectivity index (χ3v) is 11.7. The average molecular weight is 734 g/mol. The number of sulfone groups is 1. The molecule has 1 heterocycles. The fraction of sp³-hybridized carbons (Fsp3) is 0.556. The number of carbonyl (C=O) groups is 3. The highest BCUT2D eigenvalue weighted by Gasteiger charge is 2.41.